The molecule has 0 amide bonds. The second kappa shape index (κ2) is 13.3. The Labute approximate surface area is 190 Å². The molecule has 3 atom stereocenters. The zero-order valence-electron chi connectivity index (χ0n) is 20.6. The summed E-state index contributed by atoms with van der Waals surface area (Å²) in [5.41, 5.74) is 2.38. The van der Waals surface area contributed by atoms with E-state index in [1.807, 2.05) is 27.7 Å². The Bertz CT molecular complexity index is 852. The summed E-state index contributed by atoms with van der Waals surface area (Å²) in [6.07, 6.45) is 15.5. The summed E-state index contributed by atoms with van der Waals surface area (Å²) in [4.78, 5) is 9.93. The molecule has 1 aromatic heterocycles. The van der Waals surface area contributed by atoms with E-state index in [1.54, 1.807) is 0 Å². The van der Waals surface area contributed by atoms with Crippen molar-refractivity contribution >= 4 is 16.7 Å². The Kier molecular flexibility index (Phi) is 10.8. The van der Waals surface area contributed by atoms with Crippen LogP contribution in [0.2, 0.25) is 0 Å². The van der Waals surface area contributed by atoms with E-state index < -0.39 is 0 Å². The Morgan fingerprint density at radius 1 is 0.935 bits per heavy atom. The lowest BCUT2D eigenvalue weighted by Crippen LogP contribution is -2.20. The fourth-order valence-corrected chi connectivity index (χ4v) is 4.33. The number of aromatic nitrogens is 2. The number of hydrogen-bond donors (Lipinski definition) is 1. The lowest BCUT2D eigenvalue weighted by atomic mass is 9.95. The summed E-state index contributed by atoms with van der Waals surface area (Å²) in [6, 6.07) is 8.93. The van der Waals surface area contributed by atoms with Crippen molar-refractivity contribution in [2.24, 2.45) is 5.92 Å². The van der Waals surface area contributed by atoms with E-state index >= 15 is 0 Å². The van der Waals surface area contributed by atoms with Crippen LogP contribution in [0.1, 0.15) is 98.2 Å². The summed E-state index contributed by atoms with van der Waals surface area (Å²) >= 11 is 0. The number of hydrogen-bond acceptors (Lipinski definition) is 3. The predicted molar refractivity (Wildman–Crippen MR) is 137 cm³/mol. The first-order valence-electron chi connectivity index (χ1n) is 12.6. The third kappa shape index (κ3) is 6.92. The van der Waals surface area contributed by atoms with Gasteiger partial charge in [0.15, 0.2) is 0 Å². The fraction of sp³-hybridized carbons (Fsp3) is 0.571. The molecule has 1 aromatic carbocycles. The maximum Gasteiger partial charge on any atom is 0.138 e. The first kappa shape index (κ1) is 25.1. The van der Waals surface area contributed by atoms with Crippen molar-refractivity contribution in [3.05, 3.63) is 53.9 Å². The van der Waals surface area contributed by atoms with Gasteiger partial charge in [0, 0.05) is 17.3 Å². The second-order valence-electron chi connectivity index (χ2n) is 8.31. The quantitative estimate of drug-likeness (QED) is 0.503. The lowest BCUT2D eigenvalue weighted by Gasteiger charge is -2.21. The molecule has 1 fully saturated rings. The van der Waals surface area contributed by atoms with Crippen LogP contribution in [-0.4, -0.2) is 16.0 Å². The predicted octanol–water partition coefficient (Wildman–Crippen LogP) is 8.44. The third-order valence-corrected chi connectivity index (χ3v) is 6.13. The largest absolute Gasteiger partial charge is 0.367 e. The van der Waals surface area contributed by atoms with E-state index in [0.29, 0.717) is 6.04 Å². The maximum absolute atomic E-state index is 5.02. The lowest BCUT2D eigenvalue weighted by molar-refractivity contribution is 0.502. The van der Waals surface area contributed by atoms with Crippen molar-refractivity contribution < 1.29 is 0 Å². The van der Waals surface area contributed by atoms with Gasteiger partial charge in [0.05, 0.1) is 5.52 Å². The van der Waals surface area contributed by atoms with E-state index in [0.717, 1.165) is 41.3 Å². The Morgan fingerprint density at radius 2 is 1.71 bits per heavy atom. The molecule has 31 heavy (non-hydrogen) atoms. The average molecular weight is 422 g/mol. The monoisotopic (exact) mass is 421 g/mol. The molecule has 1 N–H and O–H groups in total. The molecule has 3 unspecified atom stereocenters. The number of benzene rings is 1. The molecule has 3 nitrogen and oxygen atoms in total. The number of nitrogens with zero attached hydrogens (tertiary/aromatic N) is 2. The normalized spacial score (nSPS) is 21.5. The average Bonchev–Trinajstić information content (AvgIpc) is 3.05. The smallest absolute Gasteiger partial charge is 0.138 e. The van der Waals surface area contributed by atoms with E-state index in [4.69, 9.17) is 9.97 Å². The van der Waals surface area contributed by atoms with Crippen molar-refractivity contribution in [1.82, 2.24) is 9.97 Å². The summed E-state index contributed by atoms with van der Waals surface area (Å²) in [5.74, 6) is 3.01. The molecule has 2 aromatic rings. The summed E-state index contributed by atoms with van der Waals surface area (Å²) in [6.45, 7) is 12.6. The van der Waals surface area contributed by atoms with Crippen LogP contribution in [0.25, 0.3) is 10.9 Å². The first-order chi connectivity index (χ1) is 15.2. The van der Waals surface area contributed by atoms with Crippen molar-refractivity contribution in [2.45, 2.75) is 98.4 Å². The number of nitrogens with one attached hydrogen (secondary N) is 1. The van der Waals surface area contributed by atoms with Gasteiger partial charge in [-0.15, -0.1) is 0 Å². The molecule has 2 aliphatic rings. The van der Waals surface area contributed by atoms with Crippen LogP contribution in [0.3, 0.4) is 0 Å². The van der Waals surface area contributed by atoms with Gasteiger partial charge in [-0.3, -0.25) is 0 Å². The first-order valence-corrected chi connectivity index (χ1v) is 12.6. The van der Waals surface area contributed by atoms with Gasteiger partial charge in [-0.2, -0.15) is 0 Å². The topological polar surface area (TPSA) is 37.8 Å². The Balaban J connectivity index is 0.000000807. The summed E-state index contributed by atoms with van der Waals surface area (Å²) in [7, 11) is 0. The van der Waals surface area contributed by atoms with E-state index in [-0.39, 0.29) is 5.92 Å². The van der Waals surface area contributed by atoms with Gasteiger partial charge in [0.25, 0.3) is 0 Å². The van der Waals surface area contributed by atoms with Gasteiger partial charge in [-0.05, 0) is 55.7 Å². The minimum absolute atomic E-state index is 0.223. The SMILES string of the molecule is CC.CC.CC1CCCC(Nc2nc(C(C)C3=CCCC=C3)nc3ccccc23)CC1. The maximum atomic E-state index is 5.02. The second-order valence-corrected chi connectivity index (χ2v) is 8.31. The minimum atomic E-state index is 0.223. The zero-order chi connectivity index (χ0) is 22.6. The van der Waals surface area contributed by atoms with E-state index in [2.05, 4.69) is 61.7 Å². The number of anilines is 1. The highest BCUT2D eigenvalue weighted by atomic mass is 15.1. The molecule has 0 aliphatic heterocycles. The molecular weight excluding hydrogens is 378 g/mol. The summed E-state index contributed by atoms with van der Waals surface area (Å²) in [5, 5.41) is 4.93. The Hall–Kier alpha value is -2.16. The van der Waals surface area contributed by atoms with Crippen molar-refractivity contribution in [2.75, 3.05) is 5.32 Å². The van der Waals surface area contributed by atoms with Crippen molar-refractivity contribution in [1.29, 1.82) is 0 Å². The number of rotatable bonds is 4. The molecule has 2 aliphatic carbocycles. The van der Waals surface area contributed by atoms with Gasteiger partial charge in [0.2, 0.25) is 0 Å². The molecule has 4 rings (SSSR count). The van der Waals surface area contributed by atoms with Crippen molar-refractivity contribution in [3.63, 3.8) is 0 Å². The molecule has 0 bridgehead atoms. The zero-order valence-corrected chi connectivity index (χ0v) is 20.6. The van der Waals surface area contributed by atoms with Crippen LogP contribution in [0.5, 0.6) is 0 Å². The molecule has 170 valence electrons. The van der Waals surface area contributed by atoms with Gasteiger partial charge in [-0.1, -0.05) is 84.7 Å². The Morgan fingerprint density at radius 3 is 2.45 bits per heavy atom. The van der Waals surface area contributed by atoms with E-state index in [1.165, 1.54) is 37.7 Å². The molecule has 0 saturated heterocycles. The standard InChI is InChI=1S/C24H31N3.2C2H6/c1-17-9-8-12-20(16-15-17)25-24-21-13-6-7-14-22(21)26-23(27-24)18(2)19-10-4-3-5-11-19;2*1-2/h4,6-7,10-11,13-14,17-18,20H,3,5,8-9,12,15-16H2,1-2H3,(H,25,26,27);2*1-2H3. The van der Waals surface area contributed by atoms with Crippen LogP contribution in [0, 0.1) is 5.92 Å². The molecular formula is C28H43N3. The van der Waals surface area contributed by atoms with Crippen molar-refractivity contribution in [3.8, 4) is 0 Å². The van der Waals surface area contributed by atoms with Crippen LogP contribution in [0.4, 0.5) is 5.82 Å². The van der Waals surface area contributed by atoms with Crippen LogP contribution in [0.15, 0.2) is 48.1 Å². The number of para-hydroxylation sites is 1. The highest BCUT2D eigenvalue weighted by molar-refractivity contribution is 5.89. The molecule has 0 spiro atoms. The fourth-order valence-electron chi connectivity index (χ4n) is 4.33. The van der Waals surface area contributed by atoms with Gasteiger partial charge in [-0.25, -0.2) is 9.97 Å². The third-order valence-electron chi connectivity index (χ3n) is 6.13. The highest BCUT2D eigenvalue weighted by Crippen LogP contribution is 2.31. The number of fused-ring (bicyclic) bond motifs is 1. The van der Waals surface area contributed by atoms with Crippen LogP contribution in [-0.2, 0) is 0 Å². The molecule has 1 heterocycles. The summed E-state index contributed by atoms with van der Waals surface area (Å²) < 4.78 is 0. The van der Waals surface area contributed by atoms with Gasteiger partial charge >= 0.3 is 0 Å². The minimum Gasteiger partial charge on any atom is -0.367 e. The number of allylic oxidation sites excluding steroid dienone is 4. The highest BCUT2D eigenvalue weighted by Gasteiger charge is 2.20. The van der Waals surface area contributed by atoms with E-state index in [9.17, 15) is 0 Å². The molecule has 1 saturated carbocycles. The van der Waals surface area contributed by atoms with Gasteiger partial charge < -0.3 is 5.32 Å². The van der Waals surface area contributed by atoms with Crippen LogP contribution >= 0.6 is 0 Å². The molecule has 3 heteroatoms. The van der Waals surface area contributed by atoms with Crippen LogP contribution < -0.4 is 5.32 Å². The molecule has 0 radical (unpaired) electrons. The van der Waals surface area contributed by atoms with Gasteiger partial charge in [0.1, 0.15) is 11.6 Å².